The van der Waals surface area contributed by atoms with Crippen molar-refractivity contribution >= 4 is 11.4 Å². The highest BCUT2D eigenvalue weighted by Crippen LogP contribution is 2.20. The second-order valence-electron chi connectivity index (χ2n) is 7.59. The third-order valence-electron chi connectivity index (χ3n) is 5.36. The summed E-state index contributed by atoms with van der Waals surface area (Å²) in [6.45, 7) is 5.63. The summed E-state index contributed by atoms with van der Waals surface area (Å²) >= 11 is 0. The number of hydrogen-bond donors (Lipinski definition) is 1. The lowest BCUT2D eigenvalue weighted by atomic mass is 10.1. The maximum absolute atomic E-state index is 13.0. The Bertz CT molecular complexity index is 1270. The number of carbonyl (C=O) groups excluding carboxylic acids is 1. The van der Waals surface area contributed by atoms with Crippen LogP contribution >= 0.6 is 0 Å². The van der Waals surface area contributed by atoms with Crippen molar-refractivity contribution in [3.8, 4) is 11.3 Å². The number of rotatable bonds is 6. The predicted octanol–water partition coefficient (Wildman–Crippen LogP) is 3.31. The van der Waals surface area contributed by atoms with Crippen LogP contribution in [-0.2, 0) is 17.8 Å². The molecule has 0 saturated carbocycles. The Labute approximate surface area is 180 Å². The van der Waals surface area contributed by atoms with Crippen molar-refractivity contribution in [2.24, 2.45) is 0 Å². The number of nitrogens with one attached hydrogen (secondary N) is 1. The van der Waals surface area contributed by atoms with Crippen molar-refractivity contribution < 1.29 is 4.79 Å². The van der Waals surface area contributed by atoms with Gasteiger partial charge in [0, 0.05) is 5.56 Å². The molecule has 2 heterocycles. The van der Waals surface area contributed by atoms with E-state index < -0.39 is 0 Å². The van der Waals surface area contributed by atoms with Gasteiger partial charge >= 0.3 is 0 Å². The van der Waals surface area contributed by atoms with Gasteiger partial charge in [-0.1, -0.05) is 61.5 Å². The number of fused-ring (bicyclic) bond motifs is 1. The molecule has 2 aromatic heterocycles. The van der Waals surface area contributed by atoms with Crippen molar-refractivity contribution in [2.75, 3.05) is 0 Å². The highest BCUT2D eigenvalue weighted by Gasteiger charge is 2.16. The molecular formula is C24H25N5O2. The number of hydrogen-bond acceptors (Lipinski definition) is 4. The number of aryl methyl sites for hydroxylation is 2. The highest BCUT2D eigenvalue weighted by molar-refractivity contribution is 5.76. The zero-order chi connectivity index (χ0) is 22.0. The molecule has 0 aliphatic carbocycles. The Morgan fingerprint density at radius 2 is 1.77 bits per heavy atom. The lowest BCUT2D eigenvalue weighted by molar-refractivity contribution is -0.122. The number of nitrogens with zero attached hydrogens (tertiary/aromatic N) is 4. The van der Waals surface area contributed by atoms with Gasteiger partial charge in [0.1, 0.15) is 17.9 Å². The van der Waals surface area contributed by atoms with E-state index in [1.807, 2.05) is 49.4 Å². The fourth-order valence-corrected chi connectivity index (χ4v) is 3.58. The standard InChI is InChI=1S/C24H25N5O2/c1-4-18-10-12-20(13-11-18)21-14-22-24(31)28(26-17(3)29(22)27-21)15-23(30)25-16(2)19-8-6-5-7-9-19/h5-14,16H,4,15H2,1-3H3,(H,25,30). The maximum Gasteiger partial charge on any atom is 0.293 e. The first kappa shape index (κ1) is 20.5. The van der Waals surface area contributed by atoms with Gasteiger partial charge in [-0.25, -0.2) is 9.20 Å². The lowest BCUT2D eigenvalue weighted by Gasteiger charge is -2.14. The third kappa shape index (κ3) is 4.26. The van der Waals surface area contributed by atoms with Gasteiger partial charge in [0.25, 0.3) is 5.56 Å². The summed E-state index contributed by atoms with van der Waals surface area (Å²) in [5.41, 5.74) is 3.91. The summed E-state index contributed by atoms with van der Waals surface area (Å²) in [6, 6.07) is 19.4. The van der Waals surface area contributed by atoms with E-state index in [4.69, 9.17) is 0 Å². The third-order valence-corrected chi connectivity index (χ3v) is 5.36. The monoisotopic (exact) mass is 415 g/mol. The van der Waals surface area contributed by atoms with Crippen LogP contribution in [0, 0.1) is 6.92 Å². The Kier molecular flexibility index (Phi) is 5.66. The molecule has 0 saturated heterocycles. The van der Waals surface area contributed by atoms with Gasteiger partial charge in [0.05, 0.1) is 11.7 Å². The topological polar surface area (TPSA) is 81.3 Å². The molecule has 4 rings (SSSR count). The summed E-state index contributed by atoms with van der Waals surface area (Å²) in [6.07, 6.45) is 0.962. The van der Waals surface area contributed by atoms with Crippen LogP contribution in [0.15, 0.2) is 65.5 Å². The molecule has 0 bridgehead atoms. The molecule has 31 heavy (non-hydrogen) atoms. The quantitative estimate of drug-likeness (QED) is 0.524. The first-order valence-corrected chi connectivity index (χ1v) is 10.4. The Morgan fingerprint density at radius 3 is 2.45 bits per heavy atom. The second-order valence-corrected chi connectivity index (χ2v) is 7.59. The number of carbonyl (C=O) groups is 1. The van der Waals surface area contributed by atoms with E-state index in [0.29, 0.717) is 17.0 Å². The summed E-state index contributed by atoms with van der Waals surface area (Å²) in [7, 11) is 0. The molecule has 1 atom stereocenters. The molecule has 1 N–H and O–H groups in total. The van der Waals surface area contributed by atoms with Crippen LogP contribution in [0.2, 0.25) is 0 Å². The summed E-state index contributed by atoms with van der Waals surface area (Å²) in [5.74, 6) is 0.263. The van der Waals surface area contributed by atoms with Crippen molar-refractivity contribution in [1.29, 1.82) is 0 Å². The Hall–Kier alpha value is -3.74. The van der Waals surface area contributed by atoms with Crippen LogP contribution in [0.4, 0.5) is 0 Å². The van der Waals surface area contributed by atoms with E-state index >= 15 is 0 Å². The smallest absolute Gasteiger partial charge is 0.293 e. The number of amides is 1. The van der Waals surface area contributed by atoms with Crippen molar-refractivity contribution in [2.45, 2.75) is 39.8 Å². The molecule has 1 unspecified atom stereocenters. The molecule has 0 spiro atoms. The maximum atomic E-state index is 13.0. The summed E-state index contributed by atoms with van der Waals surface area (Å²) in [4.78, 5) is 25.5. The minimum Gasteiger partial charge on any atom is -0.348 e. The lowest BCUT2D eigenvalue weighted by Crippen LogP contribution is -2.36. The fourth-order valence-electron chi connectivity index (χ4n) is 3.58. The minimum atomic E-state index is -0.350. The molecule has 7 heteroatoms. The van der Waals surface area contributed by atoms with Gasteiger partial charge in [-0.05, 0) is 37.5 Å². The van der Waals surface area contributed by atoms with Crippen LogP contribution in [0.1, 0.15) is 36.8 Å². The van der Waals surface area contributed by atoms with Gasteiger partial charge in [-0.15, -0.1) is 0 Å². The molecule has 2 aromatic carbocycles. The van der Waals surface area contributed by atoms with Crippen LogP contribution < -0.4 is 10.9 Å². The average molecular weight is 415 g/mol. The van der Waals surface area contributed by atoms with E-state index in [1.54, 1.807) is 13.0 Å². The average Bonchev–Trinajstić information content (AvgIpc) is 3.24. The van der Waals surface area contributed by atoms with E-state index in [0.717, 1.165) is 17.5 Å². The van der Waals surface area contributed by atoms with Gasteiger partial charge in [-0.3, -0.25) is 9.59 Å². The van der Waals surface area contributed by atoms with Gasteiger partial charge in [0.2, 0.25) is 5.91 Å². The van der Waals surface area contributed by atoms with Crippen molar-refractivity contribution in [3.63, 3.8) is 0 Å². The molecule has 0 radical (unpaired) electrons. The van der Waals surface area contributed by atoms with Gasteiger partial charge in [-0.2, -0.15) is 10.2 Å². The highest BCUT2D eigenvalue weighted by atomic mass is 16.2. The van der Waals surface area contributed by atoms with E-state index in [-0.39, 0.29) is 24.1 Å². The Morgan fingerprint density at radius 1 is 1.06 bits per heavy atom. The number of benzene rings is 2. The van der Waals surface area contributed by atoms with Gasteiger partial charge < -0.3 is 5.32 Å². The summed E-state index contributed by atoms with van der Waals surface area (Å²) < 4.78 is 2.73. The minimum absolute atomic E-state index is 0.154. The second kappa shape index (κ2) is 8.55. The number of aromatic nitrogens is 4. The molecule has 1 amide bonds. The first-order valence-electron chi connectivity index (χ1n) is 10.4. The molecule has 0 aliphatic heterocycles. The molecular weight excluding hydrogens is 390 g/mol. The van der Waals surface area contributed by atoms with Crippen LogP contribution in [0.5, 0.6) is 0 Å². The van der Waals surface area contributed by atoms with E-state index in [2.05, 4.69) is 34.6 Å². The molecule has 0 aliphatic rings. The molecule has 4 aromatic rings. The summed E-state index contributed by atoms with van der Waals surface area (Å²) in [5, 5.41) is 11.8. The zero-order valence-electron chi connectivity index (χ0n) is 17.9. The molecule has 158 valence electrons. The van der Waals surface area contributed by atoms with E-state index in [9.17, 15) is 9.59 Å². The van der Waals surface area contributed by atoms with Crippen LogP contribution in [0.25, 0.3) is 16.8 Å². The van der Waals surface area contributed by atoms with Crippen LogP contribution in [-0.4, -0.2) is 25.3 Å². The predicted molar refractivity (Wildman–Crippen MR) is 120 cm³/mol. The molecule has 0 fully saturated rings. The van der Waals surface area contributed by atoms with Crippen molar-refractivity contribution in [1.82, 2.24) is 24.7 Å². The van der Waals surface area contributed by atoms with Crippen molar-refractivity contribution in [3.05, 3.63) is 88.0 Å². The normalized spacial score (nSPS) is 12.1. The van der Waals surface area contributed by atoms with E-state index in [1.165, 1.54) is 14.8 Å². The zero-order valence-corrected chi connectivity index (χ0v) is 17.9. The largest absolute Gasteiger partial charge is 0.348 e. The first-order chi connectivity index (χ1) is 15.0. The SMILES string of the molecule is CCc1ccc(-c2cc3c(=O)n(CC(=O)NC(C)c4ccccc4)nc(C)n3n2)cc1. The Balaban J connectivity index is 1.59. The van der Waals surface area contributed by atoms with Gasteiger partial charge in [0.15, 0.2) is 0 Å². The van der Waals surface area contributed by atoms with Crippen LogP contribution in [0.3, 0.4) is 0 Å². The fraction of sp³-hybridized carbons (Fsp3) is 0.250. The molecule has 7 nitrogen and oxygen atoms in total.